The molecule has 28 heavy (non-hydrogen) atoms. The number of hydrogen-bond acceptors (Lipinski definition) is 3. The Bertz CT molecular complexity index is 1160. The quantitative estimate of drug-likeness (QED) is 0.160. The van der Waals surface area contributed by atoms with Gasteiger partial charge in [0.15, 0.2) is 0 Å². The minimum Gasteiger partial charge on any atom is -0.344 e. The van der Waals surface area contributed by atoms with E-state index in [1.165, 1.54) is 5.39 Å². The Morgan fingerprint density at radius 1 is 0.750 bits per heavy atom. The number of fused-ring (bicyclic) bond motifs is 5. The number of nitrogens with zero attached hydrogens (tertiary/aromatic N) is 3. The summed E-state index contributed by atoms with van der Waals surface area (Å²) in [7, 11) is 1.75. The van der Waals surface area contributed by atoms with E-state index in [1.54, 1.807) is 13.3 Å². The summed E-state index contributed by atoms with van der Waals surface area (Å²) < 4.78 is 0. The molecule has 0 atom stereocenters. The first kappa shape index (κ1) is 19.8. The molecule has 5 rings (SSSR count). The molecule has 3 nitrogen and oxygen atoms in total. The summed E-state index contributed by atoms with van der Waals surface area (Å²) in [6, 6.07) is 27.4. The Kier molecular flexibility index (Phi) is 6.62. The second-order valence-electron chi connectivity index (χ2n) is 6.08. The summed E-state index contributed by atoms with van der Waals surface area (Å²) >= 11 is 0. The number of pyridine rings is 2. The first-order chi connectivity index (χ1) is 13.4. The molecule has 2 aromatic heterocycles. The third kappa shape index (κ3) is 4.16. The van der Waals surface area contributed by atoms with Crippen molar-refractivity contribution in [2.45, 2.75) is 0 Å². The van der Waals surface area contributed by atoms with Gasteiger partial charge in [0.25, 0.3) is 0 Å². The van der Waals surface area contributed by atoms with Crippen molar-refractivity contribution in [2.75, 3.05) is 7.05 Å². The van der Waals surface area contributed by atoms with E-state index in [1.807, 2.05) is 48.8 Å². The van der Waals surface area contributed by atoms with Gasteiger partial charge in [0.1, 0.15) is 0 Å². The third-order valence-electron chi connectivity index (χ3n) is 4.33. The molecular weight excluding hydrogens is 525 g/mol. The van der Waals surface area contributed by atoms with E-state index in [-0.39, 0.29) is 21.1 Å². The maximum Gasteiger partial charge on any atom is 0.0802 e. The van der Waals surface area contributed by atoms with Crippen LogP contribution in [-0.2, 0) is 21.1 Å². The van der Waals surface area contributed by atoms with Crippen molar-refractivity contribution in [2.24, 2.45) is 4.99 Å². The first-order valence-electron chi connectivity index (χ1n) is 8.77. The largest absolute Gasteiger partial charge is 0.344 e. The summed E-state index contributed by atoms with van der Waals surface area (Å²) in [5.41, 5.74) is 3.08. The molecule has 0 aliphatic rings. The van der Waals surface area contributed by atoms with Crippen LogP contribution in [0.4, 0.5) is 0 Å². The van der Waals surface area contributed by atoms with Crippen LogP contribution < -0.4 is 0 Å². The Labute approximate surface area is 178 Å². The van der Waals surface area contributed by atoms with Crippen LogP contribution in [0.15, 0.2) is 90.2 Å². The molecule has 2 heterocycles. The molecule has 0 aliphatic carbocycles. The van der Waals surface area contributed by atoms with Crippen molar-refractivity contribution < 1.29 is 21.1 Å². The Hall–Kier alpha value is -2.90. The van der Waals surface area contributed by atoms with Gasteiger partial charge in [0.05, 0.1) is 11.0 Å². The monoisotopic (exact) mass is 543 g/mol. The predicted molar refractivity (Wildman–Crippen MR) is 113 cm³/mol. The van der Waals surface area contributed by atoms with E-state index < -0.39 is 0 Å². The van der Waals surface area contributed by atoms with Crippen LogP contribution in [0.1, 0.15) is 5.56 Å². The van der Waals surface area contributed by atoms with Gasteiger partial charge in [-0.05, 0) is 17.5 Å². The molecule has 0 N–H and O–H groups in total. The van der Waals surface area contributed by atoms with E-state index in [0.29, 0.717) is 0 Å². The van der Waals surface area contributed by atoms with Crippen molar-refractivity contribution in [3.63, 3.8) is 0 Å². The summed E-state index contributed by atoms with van der Waals surface area (Å²) in [5.74, 6) is 0. The molecule has 0 amide bonds. The van der Waals surface area contributed by atoms with Crippen molar-refractivity contribution in [1.82, 2.24) is 9.97 Å². The van der Waals surface area contributed by atoms with Gasteiger partial charge in [0, 0.05) is 56.7 Å². The molecule has 5 aromatic rings. The average Bonchev–Trinajstić information content (AvgIpc) is 2.75. The molecular formula is C24H18N3Pt-. The van der Waals surface area contributed by atoms with Gasteiger partial charge in [-0.1, -0.05) is 42.6 Å². The Balaban J connectivity index is 0.000000193. The van der Waals surface area contributed by atoms with Gasteiger partial charge in [0.2, 0.25) is 0 Å². The fourth-order valence-corrected chi connectivity index (χ4v) is 3.12. The van der Waals surface area contributed by atoms with Crippen LogP contribution in [0.2, 0.25) is 0 Å². The summed E-state index contributed by atoms with van der Waals surface area (Å²) in [6.07, 6.45) is 5.45. The first-order valence-corrected chi connectivity index (χ1v) is 8.77. The maximum absolute atomic E-state index is 4.52. The Morgan fingerprint density at radius 2 is 1.36 bits per heavy atom. The molecule has 140 valence electrons. The number of hydrogen-bond donors (Lipinski definition) is 0. The number of rotatable bonds is 1. The van der Waals surface area contributed by atoms with Gasteiger partial charge < -0.3 is 4.99 Å². The normalized spacial score (nSPS) is 10.6. The molecule has 0 spiro atoms. The van der Waals surface area contributed by atoms with Gasteiger partial charge in [-0.2, -0.15) is 0 Å². The zero-order chi connectivity index (χ0) is 18.5. The maximum atomic E-state index is 4.52. The van der Waals surface area contributed by atoms with Crippen LogP contribution in [0.3, 0.4) is 0 Å². The van der Waals surface area contributed by atoms with Gasteiger partial charge in [-0.3, -0.25) is 9.97 Å². The van der Waals surface area contributed by atoms with Crippen molar-refractivity contribution in [1.29, 1.82) is 0 Å². The average molecular weight is 544 g/mol. The SMILES string of the molecule is CN=Cc1[c-]cccc1.[Pt].c1cnc2c(c1)ccc1ccc3cccnc3c12. The second kappa shape index (κ2) is 9.34. The molecule has 0 saturated heterocycles. The molecule has 0 aliphatic heterocycles. The minimum atomic E-state index is 0. The van der Waals surface area contributed by atoms with E-state index in [4.69, 9.17) is 0 Å². The summed E-state index contributed by atoms with van der Waals surface area (Å²) in [4.78, 5) is 12.9. The second-order valence-corrected chi connectivity index (χ2v) is 6.08. The van der Waals surface area contributed by atoms with Crippen LogP contribution in [0, 0.1) is 6.07 Å². The molecule has 0 fully saturated rings. The van der Waals surface area contributed by atoms with Crippen LogP contribution in [-0.4, -0.2) is 23.2 Å². The van der Waals surface area contributed by atoms with Gasteiger partial charge in [-0.25, -0.2) is 0 Å². The van der Waals surface area contributed by atoms with Gasteiger partial charge in [-0.15, -0.1) is 35.9 Å². The topological polar surface area (TPSA) is 38.1 Å². The van der Waals surface area contributed by atoms with Crippen molar-refractivity contribution in [3.8, 4) is 0 Å². The molecule has 3 aromatic carbocycles. The van der Waals surface area contributed by atoms with Gasteiger partial charge >= 0.3 is 0 Å². The zero-order valence-corrected chi connectivity index (χ0v) is 17.6. The number of benzene rings is 3. The standard InChI is InChI=1S/C16H10N2.C8H8N.Pt/c1-3-12-7-5-11-6-8-13-4-2-10-18-16(13)14(11)15(12)17-9-1;1-9-7-8-5-3-2-4-6-8;/h1-10H;2-5,7H,1H3;/q;-1;. The minimum absolute atomic E-state index is 0. The zero-order valence-electron chi connectivity index (χ0n) is 15.3. The third-order valence-corrected chi connectivity index (χ3v) is 4.33. The Morgan fingerprint density at radius 3 is 1.89 bits per heavy atom. The molecule has 0 unspecified atom stereocenters. The predicted octanol–water partition coefficient (Wildman–Crippen LogP) is 5.47. The van der Waals surface area contributed by atoms with Crippen molar-refractivity contribution in [3.05, 3.63) is 96.8 Å². The summed E-state index contributed by atoms with van der Waals surface area (Å²) in [6.45, 7) is 0. The number of aromatic nitrogens is 2. The van der Waals surface area contributed by atoms with E-state index in [2.05, 4.69) is 57.4 Å². The fraction of sp³-hybridized carbons (Fsp3) is 0.0417. The molecule has 0 radical (unpaired) electrons. The molecule has 4 heteroatoms. The smallest absolute Gasteiger partial charge is 0.0802 e. The fourth-order valence-electron chi connectivity index (χ4n) is 3.12. The van der Waals surface area contributed by atoms with Crippen molar-refractivity contribution >= 4 is 38.8 Å². The molecule has 0 bridgehead atoms. The van der Waals surface area contributed by atoms with E-state index >= 15 is 0 Å². The number of aliphatic imine (C=N–C) groups is 1. The summed E-state index contributed by atoms with van der Waals surface area (Å²) in [5, 5.41) is 4.64. The van der Waals surface area contributed by atoms with Crippen LogP contribution in [0.5, 0.6) is 0 Å². The van der Waals surface area contributed by atoms with E-state index in [9.17, 15) is 0 Å². The van der Waals surface area contributed by atoms with E-state index in [0.717, 1.165) is 32.8 Å². The van der Waals surface area contributed by atoms with Crippen LogP contribution in [0.25, 0.3) is 32.6 Å². The molecule has 0 saturated carbocycles. The van der Waals surface area contributed by atoms with Crippen LogP contribution >= 0.6 is 0 Å².